The Morgan fingerprint density at radius 1 is 1.62 bits per heavy atom. The van der Waals surface area contributed by atoms with Gasteiger partial charge in [0.05, 0.1) is 5.69 Å². The summed E-state index contributed by atoms with van der Waals surface area (Å²) in [6.07, 6.45) is 0.222. The van der Waals surface area contributed by atoms with Crippen molar-refractivity contribution in [2.24, 2.45) is 0 Å². The topological polar surface area (TPSA) is 58.6 Å². The zero-order valence-corrected chi connectivity index (χ0v) is 9.00. The summed E-state index contributed by atoms with van der Waals surface area (Å²) in [5, 5.41) is 10.8. The minimum absolute atomic E-state index is 0.222. The molecule has 0 amide bonds. The van der Waals surface area contributed by atoms with Crippen LogP contribution < -0.4 is 10.1 Å². The molecule has 88 valence electrons. The third-order valence-corrected chi connectivity index (χ3v) is 1.93. The number of fused-ring (bicyclic) bond motifs is 1. The first-order valence-corrected chi connectivity index (χ1v) is 5.02. The molecule has 1 aliphatic heterocycles. The lowest BCUT2D eigenvalue weighted by atomic mass is 10.2. The van der Waals surface area contributed by atoms with E-state index in [2.05, 4.69) is 5.32 Å². The lowest BCUT2D eigenvalue weighted by molar-refractivity contribution is -0.136. The summed E-state index contributed by atoms with van der Waals surface area (Å²) in [4.78, 5) is 9.37. The standard InChI is InChI=1S/C8H8FNO.C3H6O2/c9-6-2-1-3-7-8(6)11-5-4-10-7;1-2-3(4)5/h1-3,10H,4-5H2;2H2,1H3,(H,4,5). The normalized spacial score (nSPS) is 12.4. The van der Waals surface area contributed by atoms with Crippen molar-refractivity contribution in [2.75, 3.05) is 18.5 Å². The minimum atomic E-state index is -0.745. The highest BCUT2D eigenvalue weighted by atomic mass is 19.1. The fourth-order valence-electron chi connectivity index (χ4n) is 1.13. The first-order chi connectivity index (χ1) is 7.65. The largest absolute Gasteiger partial charge is 0.486 e. The predicted molar refractivity (Wildman–Crippen MR) is 58.3 cm³/mol. The van der Waals surface area contributed by atoms with Crippen molar-refractivity contribution in [1.82, 2.24) is 0 Å². The van der Waals surface area contributed by atoms with Crippen molar-refractivity contribution in [2.45, 2.75) is 13.3 Å². The molecule has 1 heterocycles. The number of rotatable bonds is 1. The molecular formula is C11H14FNO3. The summed E-state index contributed by atoms with van der Waals surface area (Å²) in [6.45, 7) is 2.88. The van der Waals surface area contributed by atoms with E-state index in [4.69, 9.17) is 9.84 Å². The highest BCUT2D eigenvalue weighted by Crippen LogP contribution is 2.29. The van der Waals surface area contributed by atoms with E-state index in [9.17, 15) is 9.18 Å². The molecule has 0 saturated heterocycles. The highest BCUT2D eigenvalue weighted by Gasteiger charge is 2.12. The number of nitrogens with one attached hydrogen (secondary N) is 1. The Morgan fingerprint density at radius 3 is 2.88 bits per heavy atom. The van der Waals surface area contributed by atoms with Gasteiger partial charge in [0.25, 0.3) is 0 Å². The maximum absolute atomic E-state index is 12.9. The second-order valence-corrected chi connectivity index (χ2v) is 3.14. The fraction of sp³-hybridized carbons (Fsp3) is 0.364. The van der Waals surface area contributed by atoms with E-state index in [1.807, 2.05) is 0 Å². The van der Waals surface area contributed by atoms with Crippen molar-refractivity contribution in [3.8, 4) is 5.75 Å². The van der Waals surface area contributed by atoms with Crippen LogP contribution >= 0.6 is 0 Å². The minimum Gasteiger partial charge on any atom is -0.486 e. The SMILES string of the molecule is CCC(=O)O.Fc1cccc2c1OCCN2. The van der Waals surface area contributed by atoms with Crippen LogP contribution in [0.4, 0.5) is 10.1 Å². The molecule has 1 aliphatic rings. The van der Waals surface area contributed by atoms with Crippen LogP contribution in [0, 0.1) is 5.82 Å². The van der Waals surface area contributed by atoms with E-state index < -0.39 is 5.97 Å². The predicted octanol–water partition coefficient (Wildman–Crippen LogP) is 2.11. The van der Waals surface area contributed by atoms with Crippen molar-refractivity contribution < 1.29 is 19.0 Å². The third kappa shape index (κ3) is 3.42. The van der Waals surface area contributed by atoms with E-state index in [1.54, 1.807) is 19.1 Å². The Labute approximate surface area is 93.0 Å². The van der Waals surface area contributed by atoms with Crippen molar-refractivity contribution in [1.29, 1.82) is 0 Å². The number of anilines is 1. The zero-order valence-electron chi connectivity index (χ0n) is 9.00. The average molecular weight is 227 g/mol. The van der Waals surface area contributed by atoms with Crippen molar-refractivity contribution in [3.05, 3.63) is 24.0 Å². The number of carboxylic acids is 1. The van der Waals surface area contributed by atoms with Crippen LogP contribution in [0.25, 0.3) is 0 Å². The van der Waals surface area contributed by atoms with Gasteiger partial charge in [-0.15, -0.1) is 0 Å². The van der Waals surface area contributed by atoms with Crippen LogP contribution in [0.2, 0.25) is 0 Å². The van der Waals surface area contributed by atoms with Gasteiger partial charge in [-0.05, 0) is 12.1 Å². The lowest BCUT2D eigenvalue weighted by Crippen LogP contribution is -2.18. The summed E-state index contributed by atoms with van der Waals surface area (Å²) in [7, 11) is 0. The van der Waals surface area contributed by atoms with Gasteiger partial charge in [0.15, 0.2) is 11.6 Å². The van der Waals surface area contributed by atoms with Gasteiger partial charge in [0.2, 0.25) is 0 Å². The molecule has 5 heteroatoms. The van der Waals surface area contributed by atoms with E-state index in [1.165, 1.54) is 6.07 Å². The molecule has 4 nitrogen and oxygen atoms in total. The fourth-order valence-corrected chi connectivity index (χ4v) is 1.13. The number of ether oxygens (including phenoxy) is 1. The van der Waals surface area contributed by atoms with Gasteiger partial charge in [-0.25, -0.2) is 4.39 Å². The first-order valence-electron chi connectivity index (χ1n) is 5.02. The number of hydrogen-bond acceptors (Lipinski definition) is 3. The van der Waals surface area contributed by atoms with Crippen molar-refractivity contribution >= 4 is 11.7 Å². The van der Waals surface area contributed by atoms with E-state index in [0.29, 0.717) is 12.4 Å². The highest BCUT2D eigenvalue weighted by molar-refractivity contribution is 5.66. The van der Waals surface area contributed by atoms with Crippen LogP contribution in [0.3, 0.4) is 0 Å². The summed E-state index contributed by atoms with van der Waals surface area (Å²) < 4.78 is 18.0. The Morgan fingerprint density at radius 2 is 2.31 bits per heavy atom. The Kier molecular flexibility index (Phi) is 4.57. The van der Waals surface area contributed by atoms with Crippen LogP contribution in [0.5, 0.6) is 5.75 Å². The number of carbonyl (C=O) groups is 1. The Bertz CT molecular complexity index is 368. The maximum atomic E-state index is 12.9. The molecule has 0 radical (unpaired) electrons. The molecule has 0 saturated carbocycles. The van der Waals surface area contributed by atoms with E-state index in [0.717, 1.165) is 12.2 Å². The summed E-state index contributed by atoms with van der Waals surface area (Å²) in [5.41, 5.74) is 0.747. The Hall–Kier alpha value is -1.78. The number of halogens is 1. The number of benzene rings is 1. The molecule has 1 aromatic carbocycles. The molecule has 0 atom stereocenters. The number of para-hydroxylation sites is 1. The summed E-state index contributed by atoms with van der Waals surface area (Å²) in [6, 6.07) is 4.86. The summed E-state index contributed by atoms with van der Waals surface area (Å²) >= 11 is 0. The molecule has 1 aromatic rings. The molecule has 2 rings (SSSR count). The van der Waals surface area contributed by atoms with Crippen LogP contribution in [-0.2, 0) is 4.79 Å². The van der Waals surface area contributed by atoms with E-state index >= 15 is 0 Å². The molecule has 0 bridgehead atoms. The number of aliphatic carboxylic acids is 1. The zero-order chi connectivity index (χ0) is 12.0. The average Bonchev–Trinajstić information content (AvgIpc) is 2.30. The molecular weight excluding hydrogens is 213 g/mol. The molecule has 0 spiro atoms. The van der Waals surface area contributed by atoms with Crippen LogP contribution in [0.1, 0.15) is 13.3 Å². The maximum Gasteiger partial charge on any atom is 0.303 e. The van der Waals surface area contributed by atoms with Gasteiger partial charge in [-0.3, -0.25) is 4.79 Å². The van der Waals surface area contributed by atoms with Crippen LogP contribution in [-0.4, -0.2) is 24.2 Å². The Balaban J connectivity index is 0.000000221. The second-order valence-electron chi connectivity index (χ2n) is 3.14. The van der Waals surface area contributed by atoms with E-state index in [-0.39, 0.29) is 12.2 Å². The lowest BCUT2D eigenvalue weighted by Gasteiger charge is -2.18. The smallest absolute Gasteiger partial charge is 0.303 e. The first kappa shape index (κ1) is 12.3. The third-order valence-electron chi connectivity index (χ3n) is 1.93. The van der Waals surface area contributed by atoms with Crippen molar-refractivity contribution in [3.63, 3.8) is 0 Å². The van der Waals surface area contributed by atoms with Gasteiger partial charge in [-0.2, -0.15) is 0 Å². The van der Waals surface area contributed by atoms with Gasteiger partial charge >= 0.3 is 5.97 Å². The molecule has 0 fully saturated rings. The molecule has 2 N–H and O–H groups in total. The molecule has 0 aliphatic carbocycles. The molecule has 0 aromatic heterocycles. The van der Waals surface area contributed by atoms with Gasteiger partial charge in [0, 0.05) is 13.0 Å². The van der Waals surface area contributed by atoms with Crippen LogP contribution in [0.15, 0.2) is 18.2 Å². The summed E-state index contributed by atoms with van der Waals surface area (Å²) in [5.74, 6) is -0.696. The monoisotopic (exact) mass is 227 g/mol. The number of carboxylic acid groups (broad SMARTS) is 1. The molecule has 0 unspecified atom stereocenters. The number of hydrogen-bond donors (Lipinski definition) is 2. The quantitative estimate of drug-likeness (QED) is 0.771. The van der Waals surface area contributed by atoms with Gasteiger partial charge in [-0.1, -0.05) is 13.0 Å². The second kappa shape index (κ2) is 5.95. The van der Waals surface area contributed by atoms with Gasteiger partial charge in [0.1, 0.15) is 6.61 Å². The molecule has 16 heavy (non-hydrogen) atoms. The van der Waals surface area contributed by atoms with Gasteiger partial charge < -0.3 is 15.2 Å².